The van der Waals surface area contributed by atoms with E-state index in [-0.39, 0.29) is 24.0 Å². The molecule has 30 heavy (non-hydrogen) atoms. The van der Waals surface area contributed by atoms with Crippen molar-refractivity contribution in [1.82, 2.24) is 25.9 Å². The van der Waals surface area contributed by atoms with Crippen LogP contribution in [0.25, 0.3) is 11.4 Å². The van der Waals surface area contributed by atoms with Crippen molar-refractivity contribution in [3.63, 3.8) is 0 Å². The minimum atomic E-state index is 0. The fraction of sp³-hybridized carbons (Fsp3) is 0.400. The molecule has 162 valence electrons. The van der Waals surface area contributed by atoms with E-state index in [4.69, 9.17) is 20.6 Å². The molecule has 0 aliphatic rings. The van der Waals surface area contributed by atoms with Crippen LogP contribution >= 0.6 is 35.6 Å². The van der Waals surface area contributed by atoms with Crippen molar-refractivity contribution >= 4 is 41.5 Å². The summed E-state index contributed by atoms with van der Waals surface area (Å²) in [7, 11) is 1.69. The lowest BCUT2D eigenvalue weighted by atomic mass is 9.99. The molecule has 0 spiro atoms. The monoisotopic (exact) mass is 544 g/mol. The number of halogens is 2. The first-order valence-corrected chi connectivity index (χ1v) is 9.99. The molecule has 0 aliphatic carbocycles. The molecule has 0 bridgehead atoms. The lowest BCUT2D eigenvalue weighted by Gasteiger charge is -2.08. The quantitative estimate of drug-likeness (QED) is 0.239. The Morgan fingerprint density at radius 1 is 1.10 bits per heavy atom. The van der Waals surface area contributed by atoms with E-state index >= 15 is 0 Å². The third-order valence-corrected chi connectivity index (χ3v) is 4.83. The Kier molecular flexibility index (Phi) is 9.57. The van der Waals surface area contributed by atoms with E-state index in [1.807, 2.05) is 18.2 Å². The summed E-state index contributed by atoms with van der Waals surface area (Å²) in [6, 6.07) is 9.30. The number of nitrogens with zero attached hydrogens (tertiary/aromatic N) is 4. The fourth-order valence-corrected chi connectivity index (χ4v) is 3.12. The minimum Gasteiger partial charge on any atom is -0.359 e. The van der Waals surface area contributed by atoms with Crippen LogP contribution in [0, 0.1) is 0 Å². The number of hydrogen-bond donors (Lipinski definition) is 2. The third kappa shape index (κ3) is 6.43. The van der Waals surface area contributed by atoms with Crippen LogP contribution in [-0.2, 0) is 13.1 Å². The maximum atomic E-state index is 6.01. The van der Waals surface area contributed by atoms with Gasteiger partial charge in [0.15, 0.2) is 11.7 Å². The minimum absolute atomic E-state index is 0. The molecule has 0 saturated carbocycles. The van der Waals surface area contributed by atoms with Crippen molar-refractivity contribution < 1.29 is 9.05 Å². The van der Waals surface area contributed by atoms with Gasteiger partial charge in [0.1, 0.15) is 0 Å². The van der Waals surface area contributed by atoms with E-state index < -0.39 is 0 Å². The molecular weight excluding hydrogens is 519 g/mol. The molecule has 3 rings (SSSR count). The highest BCUT2D eigenvalue weighted by Crippen LogP contribution is 2.22. The van der Waals surface area contributed by atoms with Gasteiger partial charge in [0.05, 0.1) is 18.8 Å². The van der Waals surface area contributed by atoms with Gasteiger partial charge >= 0.3 is 0 Å². The predicted octanol–water partition coefficient (Wildman–Crippen LogP) is 4.76. The number of rotatable bonds is 8. The van der Waals surface area contributed by atoms with Gasteiger partial charge in [0, 0.05) is 29.6 Å². The van der Waals surface area contributed by atoms with Gasteiger partial charge in [-0.3, -0.25) is 4.99 Å². The third-order valence-electron chi connectivity index (χ3n) is 4.59. The standard InChI is InChI=1S/C20H25ClN6O2.HI/c1-4-13(5-2)17-10-16(28-26-17)11-23-20(22-3)24-12-18-25-19(27-29-18)14-7-6-8-15(21)9-14;/h6-10,13H,4-5,11-12H2,1-3H3,(H2,22,23,24);1H. The Morgan fingerprint density at radius 3 is 2.57 bits per heavy atom. The Hall–Kier alpha value is -2.14. The van der Waals surface area contributed by atoms with Crippen LogP contribution in [0.1, 0.15) is 50.0 Å². The Morgan fingerprint density at radius 2 is 1.87 bits per heavy atom. The second-order valence-corrected chi connectivity index (χ2v) is 6.97. The first-order valence-electron chi connectivity index (χ1n) is 9.61. The summed E-state index contributed by atoms with van der Waals surface area (Å²) in [6.07, 6.45) is 2.08. The van der Waals surface area contributed by atoms with Crippen LogP contribution in [-0.4, -0.2) is 28.3 Å². The van der Waals surface area contributed by atoms with Gasteiger partial charge in [0.25, 0.3) is 0 Å². The van der Waals surface area contributed by atoms with E-state index in [0.717, 1.165) is 29.9 Å². The summed E-state index contributed by atoms with van der Waals surface area (Å²) in [5.74, 6) is 2.71. The zero-order chi connectivity index (χ0) is 20.6. The summed E-state index contributed by atoms with van der Waals surface area (Å²) < 4.78 is 10.7. The summed E-state index contributed by atoms with van der Waals surface area (Å²) in [4.78, 5) is 8.57. The first kappa shape index (κ1) is 24.1. The van der Waals surface area contributed by atoms with Crippen LogP contribution in [0.4, 0.5) is 0 Å². The molecule has 2 heterocycles. The number of hydrogen-bond acceptors (Lipinski definition) is 6. The van der Waals surface area contributed by atoms with Gasteiger partial charge in [-0.1, -0.05) is 47.9 Å². The molecule has 2 N–H and O–H groups in total. The molecule has 0 aliphatic heterocycles. The van der Waals surface area contributed by atoms with Gasteiger partial charge in [-0.15, -0.1) is 24.0 Å². The molecule has 3 aromatic rings. The second kappa shape index (κ2) is 11.9. The van der Waals surface area contributed by atoms with E-state index in [2.05, 4.69) is 44.8 Å². The number of aromatic nitrogens is 3. The summed E-state index contributed by atoms with van der Waals surface area (Å²) in [6.45, 7) is 5.12. The van der Waals surface area contributed by atoms with Gasteiger partial charge < -0.3 is 19.7 Å². The van der Waals surface area contributed by atoms with Crippen LogP contribution in [0.3, 0.4) is 0 Å². The van der Waals surface area contributed by atoms with E-state index in [0.29, 0.717) is 41.7 Å². The zero-order valence-corrected chi connectivity index (χ0v) is 20.3. The summed E-state index contributed by atoms with van der Waals surface area (Å²) in [5.41, 5.74) is 1.79. The molecular formula is C20H26ClIN6O2. The Bertz CT molecular complexity index is 954. The molecule has 10 heteroatoms. The summed E-state index contributed by atoms with van der Waals surface area (Å²) in [5, 5.41) is 15.1. The molecule has 0 fully saturated rings. The first-order chi connectivity index (χ1) is 14.1. The van der Waals surface area contributed by atoms with Gasteiger partial charge in [-0.05, 0) is 25.0 Å². The molecule has 1 aromatic carbocycles. The lowest BCUT2D eigenvalue weighted by Crippen LogP contribution is -2.36. The smallest absolute Gasteiger partial charge is 0.246 e. The van der Waals surface area contributed by atoms with Crippen molar-refractivity contribution in [3.8, 4) is 11.4 Å². The molecule has 2 aromatic heterocycles. The van der Waals surface area contributed by atoms with E-state index in [1.54, 1.807) is 19.2 Å². The molecule has 0 unspecified atom stereocenters. The normalized spacial score (nSPS) is 11.4. The topological polar surface area (TPSA) is 101 Å². The zero-order valence-electron chi connectivity index (χ0n) is 17.2. The Balaban J connectivity index is 0.00000320. The van der Waals surface area contributed by atoms with Crippen LogP contribution in [0.2, 0.25) is 5.02 Å². The number of aliphatic imine (C=N–C) groups is 1. The number of benzene rings is 1. The SMILES string of the molecule is CCC(CC)c1cc(CNC(=NC)NCc2nc(-c3cccc(Cl)c3)no2)on1.I. The highest BCUT2D eigenvalue weighted by atomic mass is 127. The molecule has 0 amide bonds. The van der Waals surface area contributed by atoms with Crippen molar-refractivity contribution in [2.24, 2.45) is 4.99 Å². The predicted molar refractivity (Wildman–Crippen MR) is 127 cm³/mol. The fourth-order valence-electron chi connectivity index (χ4n) is 2.93. The molecule has 0 saturated heterocycles. The van der Waals surface area contributed by atoms with E-state index in [1.165, 1.54) is 0 Å². The van der Waals surface area contributed by atoms with Crippen molar-refractivity contribution in [1.29, 1.82) is 0 Å². The van der Waals surface area contributed by atoms with Gasteiger partial charge in [-0.25, -0.2) is 0 Å². The van der Waals surface area contributed by atoms with Crippen LogP contribution < -0.4 is 10.6 Å². The van der Waals surface area contributed by atoms with Crippen molar-refractivity contribution in [2.75, 3.05) is 7.05 Å². The lowest BCUT2D eigenvalue weighted by molar-refractivity contribution is 0.366. The van der Waals surface area contributed by atoms with Gasteiger partial charge in [0.2, 0.25) is 11.7 Å². The summed E-state index contributed by atoms with van der Waals surface area (Å²) >= 11 is 6.01. The largest absolute Gasteiger partial charge is 0.359 e. The maximum Gasteiger partial charge on any atom is 0.246 e. The van der Waals surface area contributed by atoms with Gasteiger partial charge in [-0.2, -0.15) is 4.98 Å². The number of guanidine groups is 1. The molecule has 8 nitrogen and oxygen atoms in total. The van der Waals surface area contributed by atoms with E-state index in [9.17, 15) is 0 Å². The van der Waals surface area contributed by atoms with Crippen LogP contribution in [0.5, 0.6) is 0 Å². The van der Waals surface area contributed by atoms with Crippen LogP contribution in [0.15, 0.2) is 44.4 Å². The average Bonchev–Trinajstić information content (AvgIpc) is 3.39. The highest BCUT2D eigenvalue weighted by molar-refractivity contribution is 14.0. The molecule has 0 atom stereocenters. The van der Waals surface area contributed by atoms with Crippen molar-refractivity contribution in [3.05, 3.63) is 52.7 Å². The number of nitrogens with one attached hydrogen (secondary N) is 2. The van der Waals surface area contributed by atoms with Crippen molar-refractivity contribution in [2.45, 2.75) is 45.7 Å². The average molecular weight is 545 g/mol. The second-order valence-electron chi connectivity index (χ2n) is 6.53. The highest BCUT2D eigenvalue weighted by Gasteiger charge is 2.14. The molecule has 0 radical (unpaired) electrons. The maximum absolute atomic E-state index is 6.01. The Labute approximate surface area is 197 Å².